The van der Waals surface area contributed by atoms with Gasteiger partial charge in [0, 0.05) is 11.8 Å². The molecule has 0 saturated heterocycles. The molecule has 10 heteroatoms. The molecule has 3 nitrogen and oxygen atoms in total. The highest BCUT2D eigenvalue weighted by Gasteiger charge is 2.39. The molecule has 0 bridgehead atoms. The van der Waals surface area contributed by atoms with Crippen molar-refractivity contribution in [3.8, 4) is 11.6 Å². The molecular formula is C9H6ClF6NO2. The van der Waals surface area contributed by atoms with Gasteiger partial charge in [0.2, 0.25) is 0 Å². The van der Waals surface area contributed by atoms with Gasteiger partial charge in [-0.15, -0.1) is 24.8 Å². The molecule has 0 unspecified atom stereocenters. The number of ether oxygens (including phenoxy) is 2. The molecule has 0 N–H and O–H groups in total. The summed E-state index contributed by atoms with van der Waals surface area (Å²) in [6, 6.07) is 0. The lowest BCUT2D eigenvalue weighted by atomic mass is 10.1. The Balaban J connectivity index is 3.39. The predicted molar refractivity (Wildman–Crippen MR) is 52.0 cm³/mol. The number of methoxy groups -OCH3 is 1. The second-order valence-corrected chi connectivity index (χ2v) is 3.44. The van der Waals surface area contributed by atoms with Crippen molar-refractivity contribution in [3.63, 3.8) is 0 Å². The van der Waals surface area contributed by atoms with Crippen LogP contribution < -0.4 is 9.47 Å². The van der Waals surface area contributed by atoms with E-state index >= 15 is 0 Å². The minimum absolute atomic E-state index is 0.210. The SMILES string of the molecule is COc1c(OC(F)(F)F)ncc(C(F)(F)F)c1CCl. The molecule has 1 aromatic rings. The first-order chi connectivity index (χ1) is 8.60. The van der Waals surface area contributed by atoms with E-state index in [-0.39, 0.29) is 6.20 Å². The van der Waals surface area contributed by atoms with Crippen molar-refractivity contribution in [1.82, 2.24) is 4.98 Å². The van der Waals surface area contributed by atoms with Crippen molar-refractivity contribution in [2.24, 2.45) is 0 Å². The van der Waals surface area contributed by atoms with Crippen molar-refractivity contribution < 1.29 is 35.8 Å². The van der Waals surface area contributed by atoms with Crippen LogP contribution in [0.1, 0.15) is 11.1 Å². The third-order valence-electron chi connectivity index (χ3n) is 1.96. The van der Waals surface area contributed by atoms with E-state index < -0.39 is 41.2 Å². The summed E-state index contributed by atoms with van der Waals surface area (Å²) >= 11 is 5.32. The smallest absolute Gasteiger partial charge is 0.491 e. The van der Waals surface area contributed by atoms with Crippen LogP contribution in [0.2, 0.25) is 0 Å². The fourth-order valence-corrected chi connectivity index (χ4v) is 1.55. The highest BCUT2D eigenvalue weighted by Crippen LogP contribution is 2.41. The standard InChI is InChI=1S/C9H6ClF6NO2/c1-18-6-4(2-10)5(8(11,12)13)3-17-7(6)19-9(14,15)16/h3H,2H2,1H3. The molecule has 0 atom stereocenters. The molecule has 0 spiro atoms. The Morgan fingerprint density at radius 3 is 2.16 bits per heavy atom. The van der Waals surface area contributed by atoms with E-state index in [2.05, 4.69) is 14.5 Å². The Hall–Kier alpha value is -1.38. The maximum Gasteiger partial charge on any atom is 0.574 e. The third-order valence-corrected chi connectivity index (χ3v) is 2.23. The van der Waals surface area contributed by atoms with Crippen LogP contribution in [-0.2, 0) is 12.1 Å². The molecule has 1 rings (SSSR count). The van der Waals surface area contributed by atoms with E-state index in [4.69, 9.17) is 11.6 Å². The first-order valence-electron chi connectivity index (χ1n) is 4.55. The lowest BCUT2D eigenvalue weighted by molar-refractivity contribution is -0.276. The average molecular weight is 310 g/mol. The van der Waals surface area contributed by atoms with Crippen molar-refractivity contribution in [2.75, 3.05) is 7.11 Å². The zero-order valence-corrected chi connectivity index (χ0v) is 9.95. The Morgan fingerprint density at radius 1 is 1.21 bits per heavy atom. The Bertz CT molecular complexity index is 459. The normalized spacial score (nSPS) is 12.4. The molecule has 108 valence electrons. The lowest BCUT2D eigenvalue weighted by Crippen LogP contribution is -2.20. The van der Waals surface area contributed by atoms with Gasteiger partial charge in [0.05, 0.1) is 18.6 Å². The number of hydrogen-bond acceptors (Lipinski definition) is 3. The Kier molecular flexibility index (Phi) is 4.39. The average Bonchev–Trinajstić information content (AvgIpc) is 2.24. The van der Waals surface area contributed by atoms with Gasteiger partial charge in [0.25, 0.3) is 5.88 Å². The van der Waals surface area contributed by atoms with E-state index in [1.165, 1.54) is 0 Å². The molecule has 1 aromatic heterocycles. The highest BCUT2D eigenvalue weighted by atomic mass is 35.5. The second-order valence-electron chi connectivity index (χ2n) is 3.17. The number of hydrogen-bond donors (Lipinski definition) is 0. The van der Waals surface area contributed by atoms with Crippen molar-refractivity contribution in [3.05, 3.63) is 17.3 Å². The number of halogens is 7. The minimum Gasteiger partial charge on any atom is -0.491 e. The summed E-state index contributed by atoms with van der Waals surface area (Å²) in [5.74, 6) is -2.64. The van der Waals surface area contributed by atoms with Crippen LogP contribution in [-0.4, -0.2) is 18.5 Å². The van der Waals surface area contributed by atoms with Crippen molar-refractivity contribution in [1.29, 1.82) is 0 Å². The van der Waals surface area contributed by atoms with Gasteiger partial charge in [0.1, 0.15) is 0 Å². The molecule has 19 heavy (non-hydrogen) atoms. The number of alkyl halides is 7. The highest BCUT2D eigenvalue weighted by molar-refractivity contribution is 6.17. The van der Waals surface area contributed by atoms with Gasteiger partial charge in [-0.1, -0.05) is 0 Å². The van der Waals surface area contributed by atoms with Gasteiger partial charge in [-0.3, -0.25) is 0 Å². The van der Waals surface area contributed by atoms with Gasteiger partial charge < -0.3 is 9.47 Å². The molecule has 0 saturated carbocycles. The summed E-state index contributed by atoms with van der Waals surface area (Å²) in [6.45, 7) is 0. The van der Waals surface area contributed by atoms with Gasteiger partial charge in [-0.2, -0.15) is 13.2 Å². The van der Waals surface area contributed by atoms with Crippen LogP contribution in [0.4, 0.5) is 26.3 Å². The Labute approximate surface area is 108 Å². The van der Waals surface area contributed by atoms with Crippen LogP contribution in [0, 0.1) is 0 Å². The summed E-state index contributed by atoms with van der Waals surface area (Å²) in [7, 11) is 0.885. The quantitative estimate of drug-likeness (QED) is 0.629. The summed E-state index contributed by atoms with van der Waals surface area (Å²) < 4.78 is 81.9. The second kappa shape index (κ2) is 5.32. The monoisotopic (exact) mass is 309 g/mol. The zero-order valence-electron chi connectivity index (χ0n) is 9.19. The summed E-state index contributed by atoms with van der Waals surface area (Å²) in [5, 5.41) is 0. The molecule has 0 fully saturated rings. The Morgan fingerprint density at radius 2 is 1.79 bits per heavy atom. The number of pyridine rings is 1. The number of rotatable bonds is 3. The molecule has 1 heterocycles. The zero-order chi connectivity index (χ0) is 14.8. The lowest BCUT2D eigenvalue weighted by Gasteiger charge is -2.17. The molecule has 0 radical (unpaired) electrons. The van der Waals surface area contributed by atoms with E-state index in [1.807, 2.05) is 0 Å². The van der Waals surface area contributed by atoms with Crippen LogP contribution in [0.15, 0.2) is 6.20 Å². The van der Waals surface area contributed by atoms with E-state index in [0.717, 1.165) is 7.11 Å². The van der Waals surface area contributed by atoms with Gasteiger partial charge in [0.15, 0.2) is 5.75 Å². The first-order valence-corrected chi connectivity index (χ1v) is 5.08. The summed E-state index contributed by atoms with van der Waals surface area (Å²) in [5.41, 5.74) is -1.96. The number of aromatic nitrogens is 1. The van der Waals surface area contributed by atoms with Crippen LogP contribution in [0.25, 0.3) is 0 Å². The molecule has 0 aliphatic heterocycles. The van der Waals surface area contributed by atoms with E-state index in [0.29, 0.717) is 0 Å². The first kappa shape index (κ1) is 15.7. The molecule has 0 aromatic carbocycles. The summed E-state index contributed by atoms with van der Waals surface area (Å²) in [6.07, 6.45) is -9.72. The molecule has 0 aliphatic carbocycles. The maximum atomic E-state index is 12.6. The fraction of sp³-hybridized carbons (Fsp3) is 0.444. The van der Waals surface area contributed by atoms with Crippen LogP contribution in [0.3, 0.4) is 0 Å². The maximum absolute atomic E-state index is 12.6. The molecule has 0 amide bonds. The largest absolute Gasteiger partial charge is 0.574 e. The van der Waals surface area contributed by atoms with Crippen molar-refractivity contribution >= 4 is 11.6 Å². The molecular weight excluding hydrogens is 304 g/mol. The van der Waals surface area contributed by atoms with Gasteiger partial charge in [-0.05, 0) is 0 Å². The molecule has 0 aliphatic rings. The predicted octanol–water partition coefficient (Wildman–Crippen LogP) is 3.75. The van der Waals surface area contributed by atoms with Crippen LogP contribution >= 0.6 is 11.6 Å². The van der Waals surface area contributed by atoms with Gasteiger partial charge in [-0.25, -0.2) is 4.98 Å². The third kappa shape index (κ3) is 3.79. The van der Waals surface area contributed by atoms with E-state index in [1.54, 1.807) is 0 Å². The topological polar surface area (TPSA) is 31.4 Å². The summed E-state index contributed by atoms with van der Waals surface area (Å²) in [4.78, 5) is 2.96. The fourth-order valence-electron chi connectivity index (χ4n) is 1.28. The number of nitrogens with zero attached hydrogens (tertiary/aromatic N) is 1. The van der Waals surface area contributed by atoms with Crippen LogP contribution in [0.5, 0.6) is 11.6 Å². The minimum atomic E-state index is -5.11. The van der Waals surface area contributed by atoms with Gasteiger partial charge >= 0.3 is 12.5 Å². The van der Waals surface area contributed by atoms with E-state index in [9.17, 15) is 26.3 Å². The van der Waals surface area contributed by atoms with Crippen molar-refractivity contribution in [2.45, 2.75) is 18.4 Å².